The van der Waals surface area contributed by atoms with E-state index < -0.39 is 0 Å². The molecule has 0 saturated carbocycles. The number of Topliss-reactive ketones (excluding diaryl/α,β-unsaturated/α-hetero) is 1. The fraction of sp³-hybridized carbons (Fsp3) is 0.556. The van der Waals surface area contributed by atoms with Crippen LogP contribution in [0.3, 0.4) is 0 Å². The van der Waals surface area contributed by atoms with Crippen LogP contribution in [0.1, 0.15) is 18.4 Å². The number of rotatable bonds is 6. The van der Waals surface area contributed by atoms with Crippen molar-refractivity contribution in [1.82, 2.24) is 5.32 Å². The van der Waals surface area contributed by atoms with Gasteiger partial charge in [-0.3, -0.25) is 9.59 Å². The largest absolute Gasteiger partial charge is 0.374 e. The molecule has 3 rings (SSSR count). The van der Waals surface area contributed by atoms with Crippen LogP contribution in [0.5, 0.6) is 0 Å². The van der Waals surface area contributed by atoms with Crippen molar-refractivity contribution in [2.45, 2.75) is 31.7 Å². The summed E-state index contributed by atoms with van der Waals surface area (Å²) in [6, 6.07) is 9.99. The highest BCUT2D eigenvalue weighted by Crippen LogP contribution is 2.19. The van der Waals surface area contributed by atoms with Crippen molar-refractivity contribution >= 4 is 11.7 Å². The number of hydrogen-bond donors (Lipinski definition) is 1. The number of carbonyl (C=O) groups is 2. The standard InChI is InChI=1S/C18H23NO5/c20-17-7-18(21)19-8-14(17)6-15-11-24-16(12-23-15)10-22-9-13-4-2-1-3-5-13/h1-5,14-16H,6-12H2,(H,19,21)/t14?,15-,16+/m1/s1. The molecule has 1 amide bonds. The average molecular weight is 333 g/mol. The van der Waals surface area contributed by atoms with Gasteiger partial charge < -0.3 is 19.5 Å². The summed E-state index contributed by atoms with van der Waals surface area (Å²) in [4.78, 5) is 23.0. The number of benzene rings is 1. The van der Waals surface area contributed by atoms with Crippen molar-refractivity contribution in [2.24, 2.45) is 5.92 Å². The molecule has 1 aromatic rings. The molecule has 1 unspecified atom stereocenters. The molecular weight excluding hydrogens is 310 g/mol. The Labute approximate surface area is 141 Å². The topological polar surface area (TPSA) is 73.9 Å². The first-order chi connectivity index (χ1) is 11.7. The smallest absolute Gasteiger partial charge is 0.227 e. The van der Waals surface area contributed by atoms with Crippen molar-refractivity contribution in [3.05, 3.63) is 35.9 Å². The number of amides is 1. The summed E-state index contributed by atoms with van der Waals surface area (Å²) >= 11 is 0. The predicted octanol–water partition coefficient (Wildman–Crippen LogP) is 1.08. The molecular formula is C18H23NO5. The summed E-state index contributed by atoms with van der Waals surface area (Å²) in [5.74, 6) is -0.356. The van der Waals surface area contributed by atoms with Crippen LogP contribution < -0.4 is 5.32 Å². The van der Waals surface area contributed by atoms with Crippen molar-refractivity contribution in [1.29, 1.82) is 0 Å². The predicted molar refractivity (Wildman–Crippen MR) is 86.3 cm³/mol. The summed E-state index contributed by atoms with van der Waals surface area (Å²) < 4.78 is 17.2. The maximum absolute atomic E-state index is 11.8. The summed E-state index contributed by atoms with van der Waals surface area (Å²) in [5, 5.41) is 2.73. The third-order valence-electron chi connectivity index (χ3n) is 4.33. The van der Waals surface area contributed by atoms with Gasteiger partial charge in [-0.2, -0.15) is 0 Å². The number of ketones is 1. The van der Waals surface area contributed by atoms with Gasteiger partial charge in [0.25, 0.3) is 0 Å². The lowest BCUT2D eigenvalue weighted by Crippen LogP contribution is -2.45. The van der Waals surface area contributed by atoms with E-state index in [0.717, 1.165) is 5.56 Å². The van der Waals surface area contributed by atoms with E-state index in [4.69, 9.17) is 14.2 Å². The minimum absolute atomic E-state index is 0.00401. The van der Waals surface area contributed by atoms with Gasteiger partial charge in [-0.15, -0.1) is 0 Å². The lowest BCUT2D eigenvalue weighted by molar-refractivity contribution is -0.160. The minimum atomic E-state index is -0.187. The molecule has 6 nitrogen and oxygen atoms in total. The maximum atomic E-state index is 11.8. The molecule has 2 aliphatic rings. The third-order valence-corrected chi connectivity index (χ3v) is 4.33. The van der Waals surface area contributed by atoms with Gasteiger partial charge in [-0.05, 0) is 12.0 Å². The number of ether oxygens (including phenoxy) is 3. The zero-order valence-corrected chi connectivity index (χ0v) is 13.6. The van der Waals surface area contributed by atoms with Gasteiger partial charge in [0.2, 0.25) is 5.91 Å². The average Bonchev–Trinajstić information content (AvgIpc) is 2.60. The highest BCUT2D eigenvalue weighted by molar-refractivity contribution is 6.01. The van der Waals surface area contributed by atoms with E-state index in [0.29, 0.717) is 39.4 Å². The van der Waals surface area contributed by atoms with Gasteiger partial charge in [-0.25, -0.2) is 0 Å². The van der Waals surface area contributed by atoms with Gasteiger partial charge >= 0.3 is 0 Å². The van der Waals surface area contributed by atoms with E-state index in [1.807, 2.05) is 30.3 Å². The van der Waals surface area contributed by atoms with E-state index in [9.17, 15) is 9.59 Å². The molecule has 6 heteroatoms. The zero-order valence-electron chi connectivity index (χ0n) is 13.6. The number of nitrogens with one attached hydrogen (secondary N) is 1. The highest BCUT2D eigenvalue weighted by atomic mass is 16.6. The second-order valence-electron chi connectivity index (χ2n) is 6.29. The Hall–Kier alpha value is -1.76. The lowest BCUT2D eigenvalue weighted by atomic mass is 9.92. The fourth-order valence-electron chi connectivity index (χ4n) is 2.95. The SMILES string of the molecule is O=C1CC(=O)C(C[C@@H]2CO[C@@H](COCc3ccccc3)CO2)CN1. The van der Waals surface area contributed by atoms with Crippen molar-refractivity contribution in [3.8, 4) is 0 Å². The van der Waals surface area contributed by atoms with Crippen LogP contribution in [0.4, 0.5) is 0 Å². The van der Waals surface area contributed by atoms with Crippen molar-refractivity contribution in [3.63, 3.8) is 0 Å². The van der Waals surface area contributed by atoms with E-state index in [1.165, 1.54) is 0 Å². The molecule has 0 aromatic heterocycles. The maximum Gasteiger partial charge on any atom is 0.227 e. The molecule has 2 aliphatic heterocycles. The molecule has 2 heterocycles. The molecule has 0 spiro atoms. The molecule has 1 N–H and O–H groups in total. The van der Waals surface area contributed by atoms with Crippen LogP contribution in [0.25, 0.3) is 0 Å². The lowest BCUT2D eigenvalue weighted by Gasteiger charge is -2.32. The Bertz CT molecular complexity index is 554. The molecule has 1 aromatic carbocycles. The van der Waals surface area contributed by atoms with Crippen LogP contribution in [0.2, 0.25) is 0 Å². The molecule has 0 bridgehead atoms. The molecule has 0 aliphatic carbocycles. The van der Waals surface area contributed by atoms with Gasteiger partial charge in [0, 0.05) is 12.5 Å². The molecule has 130 valence electrons. The van der Waals surface area contributed by atoms with Crippen molar-refractivity contribution < 1.29 is 23.8 Å². The summed E-state index contributed by atoms with van der Waals surface area (Å²) in [6.45, 7) is 2.37. The van der Waals surface area contributed by atoms with Crippen LogP contribution in [0, 0.1) is 5.92 Å². The second-order valence-corrected chi connectivity index (χ2v) is 6.29. The molecule has 2 fully saturated rings. The van der Waals surface area contributed by atoms with Crippen LogP contribution in [-0.4, -0.2) is 50.3 Å². The number of piperidine rings is 1. The van der Waals surface area contributed by atoms with E-state index in [1.54, 1.807) is 0 Å². The van der Waals surface area contributed by atoms with E-state index >= 15 is 0 Å². The van der Waals surface area contributed by atoms with E-state index in [2.05, 4.69) is 5.32 Å². The number of carbonyl (C=O) groups excluding carboxylic acids is 2. The van der Waals surface area contributed by atoms with Crippen LogP contribution in [-0.2, 0) is 30.4 Å². The Balaban J connectivity index is 1.34. The quantitative estimate of drug-likeness (QED) is 0.789. The fourth-order valence-corrected chi connectivity index (χ4v) is 2.95. The summed E-state index contributed by atoms with van der Waals surface area (Å²) in [7, 11) is 0. The molecule has 2 saturated heterocycles. The Morgan fingerprint density at radius 1 is 1.08 bits per heavy atom. The second kappa shape index (κ2) is 8.37. The van der Waals surface area contributed by atoms with Gasteiger partial charge in [0.1, 0.15) is 11.9 Å². The first-order valence-electron chi connectivity index (χ1n) is 8.35. The normalized spacial score (nSPS) is 27.8. The monoisotopic (exact) mass is 333 g/mol. The Morgan fingerprint density at radius 2 is 1.83 bits per heavy atom. The van der Waals surface area contributed by atoms with Gasteiger partial charge in [0.05, 0.1) is 39.0 Å². The van der Waals surface area contributed by atoms with Gasteiger partial charge in [0.15, 0.2) is 0 Å². The van der Waals surface area contributed by atoms with Gasteiger partial charge in [-0.1, -0.05) is 30.3 Å². The first kappa shape index (κ1) is 17.1. The van der Waals surface area contributed by atoms with Crippen LogP contribution in [0.15, 0.2) is 30.3 Å². The Morgan fingerprint density at radius 3 is 2.54 bits per heavy atom. The Kier molecular flexibility index (Phi) is 5.96. The van der Waals surface area contributed by atoms with Crippen molar-refractivity contribution in [2.75, 3.05) is 26.4 Å². The number of hydrogen-bond acceptors (Lipinski definition) is 5. The molecule has 24 heavy (non-hydrogen) atoms. The summed E-state index contributed by atoms with van der Waals surface area (Å²) in [5.41, 5.74) is 1.13. The zero-order chi connectivity index (χ0) is 16.8. The molecule has 3 atom stereocenters. The third kappa shape index (κ3) is 4.87. The van der Waals surface area contributed by atoms with Crippen LogP contribution >= 0.6 is 0 Å². The van der Waals surface area contributed by atoms with E-state index in [-0.39, 0.29) is 36.2 Å². The molecule has 0 radical (unpaired) electrons. The summed E-state index contributed by atoms with van der Waals surface area (Å²) in [6.07, 6.45) is 0.399. The highest BCUT2D eigenvalue weighted by Gasteiger charge is 2.31. The first-order valence-corrected chi connectivity index (χ1v) is 8.35. The minimum Gasteiger partial charge on any atom is -0.374 e.